The number of nitrogens with zero attached hydrogens (tertiary/aromatic N) is 1. The summed E-state index contributed by atoms with van der Waals surface area (Å²) >= 11 is 0. The molecule has 1 aliphatic heterocycles. The van der Waals surface area contributed by atoms with Crippen LogP contribution in [-0.2, 0) is 14.4 Å². The molecule has 2 unspecified atom stereocenters. The van der Waals surface area contributed by atoms with Crippen LogP contribution in [0.15, 0.2) is 0 Å². The average molecular weight is 241 g/mol. The molecule has 1 rings (SSSR count). The molecule has 6 nitrogen and oxygen atoms in total. The Labute approximate surface area is 101 Å². The third-order valence-electron chi connectivity index (χ3n) is 2.78. The van der Waals surface area contributed by atoms with E-state index >= 15 is 0 Å². The first kappa shape index (κ1) is 13.6. The van der Waals surface area contributed by atoms with E-state index in [1.165, 1.54) is 4.90 Å². The highest BCUT2D eigenvalue weighted by Crippen LogP contribution is 2.12. The summed E-state index contributed by atoms with van der Waals surface area (Å²) < 4.78 is 0. The van der Waals surface area contributed by atoms with E-state index in [0.717, 1.165) is 0 Å². The van der Waals surface area contributed by atoms with Crippen molar-refractivity contribution in [1.82, 2.24) is 10.2 Å². The molecule has 1 heterocycles. The highest BCUT2D eigenvalue weighted by atomic mass is 16.2. The second kappa shape index (κ2) is 5.77. The predicted octanol–water partition coefficient (Wildman–Crippen LogP) is -0.623. The second-order valence-electron chi connectivity index (χ2n) is 4.37. The van der Waals surface area contributed by atoms with Crippen LogP contribution >= 0.6 is 0 Å². The molecule has 3 N–H and O–H groups in total. The molecule has 6 heteroatoms. The van der Waals surface area contributed by atoms with E-state index in [9.17, 15) is 14.4 Å². The van der Waals surface area contributed by atoms with Gasteiger partial charge in [-0.15, -0.1) is 0 Å². The largest absolute Gasteiger partial charge is 0.328 e. The number of rotatable bonds is 4. The van der Waals surface area contributed by atoms with E-state index < -0.39 is 17.9 Å². The van der Waals surface area contributed by atoms with Crippen LogP contribution in [0, 0.1) is 0 Å². The summed E-state index contributed by atoms with van der Waals surface area (Å²) in [5, 5.41) is 2.23. The molecule has 0 bridgehead atoms. The normalized spacial score (nSPS) is 22.3. The topological polar surface area (TPSA) is 92.5 Å². The van der Waals surface area contributed by atoms with Gasteiger partial charge in [-0.25, -0.2) is 0 Å². The van der Waals surface area contributed by atoms with Crippen molar-refractivity contribution in [2.75, 3.05) is 6.54 Å². The van der Waals surface area contributed by atoms with Crippen molar-refractivity contribution >= 4 is 17.7 Å². The van der Waals surface area contributed by atoms with Gasteiger partial charge in [0.05, 0.1) is 0 Å². The number of hydrogen-bond donors (Lipinski definition) is 2. The Balaban J connectivity index is 2.67. The summed E-state index contributed by atoms with van der Waals surface area (Å²) in [6, 6.07) is -0.596. The van der Waals surface area contributed by atoms with Crippen LogP contribution in [0.1, 0.15) is 33.1 Å². The fourth-order valence-corrected chi connectivity index (χ4v) is 1.83. The van der Waals surface area contributed by atoms with E-state index in [0.29, 0.717) is 12.8 Å². The molecule has 0 aromatic carbocycles. The molecular formula is C11H19N3O3. The number of amides is 3. The van der Waals surface area contributed by atoms with Gasteiger partial charge in [-0.3, -0.25) is 19.7 Å². The Bertz CT molecular complexity index is 328. The van der Waals surface area contributed by atoms with E-state index in [4.69, 9.17) is 5.73 Å². The molecule has 0 spiro atoms. The monoisotopic (exact) mass is 241 g/mol. The van der Waals surface area contributed by atoms with Gasteiger partial charge in [-0.2, -0.15) is 0 Å². The molecular weight excluding hydrogens is 222 g/mol. The first-order valence-electron chi connectivity index (χ1n) is 5.84. The van der Waals surface area contributed by atoms with Gasteiger partial charge in [-0.05, 0) is 19.8 Å². The van der Waals surface area contributed by atoms with Crippen molar-refractivity contribution in [2.24, 2.45) is 5.73 Å². The van der Waals surface area contributed by atoms with E-state index in [1.807, 2.05) is 13.8 Å². The van der Waals surface area contributed by atoms with E-state index in [1.54, 1.807) is 0 Å². The molecule has 3 amide bonds. The van der Waals surface area contributed by atoms with Crippen molar-refractivity contribution in [1.29, 1.82) is 0 Å². The number of carbonyl (C=O) groups is 3. The molecule has 0 saturated carbocycles. The van der Waals surface area contributed by atoms with Crippen molar-refractivity contribution in [2.45, 2.75) is 45.2 Å². The van der Waals surface area contributed by atoms with Gasteiger partial charge < -0.3 is 10.6 Å². The molecule has 96 valence electrons. The minimum Gasteiger partial charge on any atom is -0.328 e. The summed E-state index contributed by atoms with van der Waals surface area (Å²) in [4.78, 5) is 36.0. The maximum atomic E-state index is 11.9. The molecule has 1 fully saturated rings. The Morgan fingerprint density at radius 3 is 2.76 bits per heavy atom. The third kappa shape index (κ3) is 3.52. The minimum atomic E-state index is -0.534. The Hall–Kier alpha value is -1.43. The number of nitrogens with one attached hydrogen (secondary N) is 1. The lowest BCUT2D eigenvalue weighted by Crippen LogP contribution is -2.59. The summed E-state index contributed by atoms with van der Waals surface area (Å²) in [6.45, 7) is 3.59. The maximum Gasteiger partial charge on any atom is 0.249 e. The molecule has 1 aliphatic rings. The lowest BCUT2D eigenvalue weighted by molar-refractivity contribution is -0.150. The molecule has 0 aromatic rings. The van der Waals surface area contributed by atoms with Gasteiger partial charge in [0.1, 0.15) is 12.6 Å². The maximum absolute atomic E-state index is 11.9. The number of carbonyl (C=O) groups excluding carboxylic acids is 3. The number of imide groups is 1. The van der Waals surface area contributed by atoms with Crippen LogP contribution in [-0.4, -0.2) is 41.2 Å². The van der Waals surface area contributed by atoms with Crippen LogP contribution < -0.4 is 11.1 Å². The average Bonchev–Trinajstić information content (AvgIpc) is 2.24. The summed E-state index contributed by atoms with van der Waals surface area (Å²) in [6.07, 6.45) is 1.33. The van der Waals surface area contributed by atoms with Crippen molar-refractivity contribution < 1.29 is 14.4 Å². The highest BCUT2D eigenvalue weighted by Gasteiger charge is 2.34. The fourth-order valence-electron chi connectivity index (χ4n) is 1.83. The Morgan fingerprint density at radius 1 is 1.59 bits per heavy atom. The second-order valence-corrected chi connectivity index (χ2v) is 4.37. The van der Waals surface area contributed by atoms with Crippen LogP contribution in [0.25, 0.3) is 0 Å². The fraction of sp³-hybridized carbons (Fsp3) is 0.727. The lowest BCUT2D eigenvalue weighted by atomic mass is 10.1. The van der Waals surface area contributed by atoms with Gasteiger partial charge in [0.15, 0.2) is 0 Å². The van der Waals surface area contributed by atoms with Crippen LogP contribution in [0.5, 0.6) is 0 Å². The van der Waals surface area contributed by atoms with Crippen molar-refractivity contribution in [3.63, 3.8) is 0 Å². The SMILES string of the molecule is CCC1C(=O)NC(=O)CN1C(=O)CCC(C)N. The van der Waals surface area contributed by atoms with Crippen LogP contribution in [0.2, 0.25) is 0 Å². The van der Waals surface area contributed by atoms with Gasteiger partial charge in [0, 0.05) is 12.5 Å². The van der Waals surface area contributed by atoms with E-state index in [-0.39, 0.29) is 24.9 Å². The van der Waals surface area contributed by atoms with Crippen LogP contribution in [0.4, 0.5) is 0 Å². The third-order valence-corrected chi connectivity index (χ3v) is 2.78. The summed E-state index contributed by atoms with van der Waals surface area (Å²) in [7, 11) is 0. The molecule has 1 saturated heterocycles. The quantitative estimate of drug-likeness (QED) is 0.641. The van der Waals surface area contributed by atoms with Crippen molar-refractivity contribution in [3.8, 4) is 0 Å². The first-order valence-corrected chi connectivity index (χ1v) is 5.84. The number of hydrogen-bond acceptors (Lipinski definition) is 4. The smallest absolute Gasteiger partial charge is 0.249 e. The summed E-state index contributed by atoms with van der Waals surface area (Å²) in [5.74, 6) is -0.996. The zero-order valence-electron chi connectivity index (χ0n) is 10.2. The standard InChI is InChI=1S/C11H19N3O3/c1-3-8-11(17)13-9(15)6-14(8)10(16)5-4-7(2)12/h7-8H,3-6,12H2,1-2H3,(H,13,15,17). The zero-order chi connectivity index (χ0) is 13.0. The molecule has 2 atom stereocenters. The van der Waals surface area contributed by atoms with Gasteiger partial charge in [-0.1, -0.05) is 6.92 Å². The number of nitrogens with two attached hydrogens (primary N) is 1. The van der Waals surface area contributed by atoms with Gasteiger partial charge >= 0.3 is 0 Å². The van der Waals surface area contributed by atoms with Gasteiger partial charge in [0.2, 0.25) is 17.7 Å². The molecule has 0 radical (unpaired) electrons. The Kier molecular flexibility index (Phi) is 4.62. The predicted molar refractivity (Wildman–Crippen MR) is 61.8 cm³/mol. The zero-order valence-corrected chi connectivity index (χ0v) is 10.2. The first-order chi connectivity index (χ1) is 7.95. The molecule has 0 aromatic heterocycles. The van der Waals surface area contributed by atoms with Gasteiger partial charge in [0.25, 0.3) is 0 Å². The van der Waals surface area contributed by atoms with E-state index in [2.05, 4.69) is 5.32 Å². The van der Waals surface area contributed by atoms with Crippen molar-refractivity contribution in [3.05, 3.63) is 0 Å². The number of piperazine rings is 1. The minimum absolute atomic E-state index is 0.0397. The highest BCUT2D eigenvalue weighted by molar-refractivity contribution is 6.04. The Morgan fingerprint density at radius 2 is 2.24 bits per heavy atom. The molecule has 0 aliphatic carbocycles. The van der Waals surface area contributed by atoms with Crippen LogP contribution in [0.3, 0.4) is 0 Å². The lowest BCUT2D eigenvalue weighted by Gasteiger charge is -2.33. The molecule has 17 heavy (non-hydrogen) atoms. The summed E-state index contributed by atoms with van der Waals surface area (Å²) in [5.41, 5.74) is 5.58.